The number of hydrogen-bond donors (Lipinski definition) is 1. The molecule has 21 heavy (non-hydrogen) atoms. The zero-order valence-corrected chi connectivity index (χ0v) is 14.0. The van der Waals surface area contributed by atoms with Gasteiger partial charge in [-0.05, 0) is 51.4 Å². The summed E-state index contributed by atoms with van der Waals surface area (Å²) in [7, 11) is 1.76. The average molecular weight is 290 g/mol. The Morgan fingerprint density at radius 2 is 2.05 bits per heavy atom. The predicted molar refractivity (Wildman–Crippen MR) is 89.0 cm³/mol. The molecule has 1 saturated heterocycles. The predicted octanol–water partition coefficient (Wildman–Crippen LogP) is 3.39. The fraction of sp³-hybridized carbons (Fsp3) is 0.667. The summed E-state index contributed by atoms with van der Waals surface area (Å²) in [6.07, 6.45) is 2.65. The largest absolute Gasteiger partial charge is 0.496 e. The van der Waals surface area contributed by atoms with E-state index in [1.807, 2.05) is 0 Å². The van der Waals surface area contributed by atoms with Crippen molar-refractivity contribution in [3.05, 3.63) is 29.3 Å². The molecular formula is C18H30N2O. The van der Waals surface area contributed by atoms with Crippen LogP contribution in [0.5, 0.6) is 5.75 Å². The summed E-state index contributed by atoms with van der Waals surface area (Å²) in [5.74, 6) is 1.88. The Balaban J connectivity index is 2.12. The summed E-state index contributed by atoms with van der Waals surface area (Å²) in [4.78, 5) is 2.59. The smallest absolute Gasteiger partial charge is 0.123 e. The van der Waals surface area contributed by atoms with Gasteiger partial charge in [-0.25, -0.2) is 0 Å². The molecule has 1 heterocycles. The average Bonchev–Trinajstić information content (AvgIpc) is 2.49. The van der Waals surface area contributed by atoms with Crippen molar-refractivity contribution in [1.29, 1.82) is 0 Å². The minimum Gasteiger partial charge on any atom is -0.496 e. The molecule has 3 heteroatoms. The van der Waals surface area contributed by atoms with Crippen LogP contribution in [0.15, 0.2) is 18.2 Å². The maximum absolute atomic E-state index is 5.58. The molecule has 0 aliphatic carbocycles. The lowest BCUT2D eigenvalue weighted by molar-refractivity contribution is 0.174. The van der Waals surface area contributed by atoms with Gasteiger partial charge in [0.15, 0.2) is 0 Å². The topological polar surface area (TPSA) is 24.5 Å². The number of likely N-dealkylation sites (N-methyl/N-ethyl adjacent to an activating group) is 1. The fourth-order valence-corrected chi connectivity index (χ4v) is 3.15. The first kappa shape index (κ1) is 16.3. The standard InChI is InChI=1S/C18H30N2O/c1-5-19-17(13-20-10-8-14(2)9-11-20)16-12-15(3)6-7-18(16)21-4/h6-7,12,14,17,19H,5,8-11,13H2,1-4H3. The van der Waals surface area contributed by atoms with Gasteiger partial charge in [0.1, 0.15) is 5.75 Å². The van der Waals surface area contributed by atoms with E-state index in [0.717, 1.165) is 24.8 Å². The summed E-state index contributed by atoms with van der Waals surface area (Å²) < 4.78 is 5.58. The van der Waals surface area contributed by atoms with Gasteiger partial charge in [-0.3, -0.25) is 0 Å². The van der Waals surface area contributed by atoms with Crippen LogP contribution < -0.4 is 10.1 Å². The van der Waals surface area contributed by atoms with Crippen LogP contribution >= 0.6 is 0 Å². The van der Waals surface area contributed by atoms with Crippen LogP contribution in [0, 0.1) is 12.8 Å². The molecule has 0 amide bonds. The molecule has 0 bridgehead atoms. The Morgan fingerprint density at radius 3 is 2.67 bits per heavy atom. The van der Waals surface area contributed by atoms with E-state index in [0.29, 0.717) is 6.04 Å². The van der Waals surface area contributed by atoms with Crippen LogP contribution in [0.25, 0.3) is 0 Å². The number of hydrogen-bond acceptors (Lipinski definition) is 3. The van der Waals surface area contributed by atoms with E-state index in [4.69, 9.17) is 4.74 Å². The molecule has 0 spiro atoms. The molecule has 1 aliphatic rings. The van der Waals surface area contributed by atoms with E-state index in [2.05, 4.69) is 49.2 Å². The van der Waals surface area contributed by atoms with Crippen LogP contribution in [-0.2, 0) is 0 Å². The highest BCUT2D eigenvalue weighted by Gasteiger charge is 2.22. The summed E-state index contributed by atoms with van der Waals surface area (Å²) in [5.41, 5.74) is 2.58. The van der Waals surface area contributed by atoms with E-state index in [9.17, 15) is 0 Å². The minimum atomic E-state index is 0.346. The number of benzene rings is 1. The van der Waals surface area contributed by atoms with Crippen molar-refractivity contribution in [2.24, 2.45) is 5.92 Å². The number of nitrogens with one attached hydrogen (secondary N) is 1. The van der Waals surface area contributed by atoms with Gasteiger partial charge in [0.2, 0.25) is 0 Å². The van der Waals surface area contributed by atoms with E-state index in [-0.39, 0.29) is 0 Å². The summed E-state index contributed by atoms with van der Waals surface area (Å²) in [5, 5.41) is 3.64. The Morgan fingerprint density at radius 1 is 1.33 bits per heavy atom. The lowest BCUT2D eigenvalue weighted by Gasteiger charge is -2.34. The monoisotopic (exact) mass is 290 g/mol. The van der Waals surface area contributed by atoms with E-state index in [1.165, 1.54) is 37.1 Å². The maximum atomic E-state index is 5.58. The molecule has 0 radical (unpaired) electrons. The Bertz CT molecular complexity index is 439. The SMILES string of the molecule is CCNC(CN1CCC(C)CC1)c1cc(C)ccc1OC. The molecule has 1 aromatic carbocycles. The van der Waals surface area contributed by atoms with Crippen molar-refractivity contribution >= 4 is 0 Å². The summed E-state index contributed by atoms with van der Waals surface area (Å²) in [6.45, 7) is 11.2. The number of ether oxygens (including phenoxy) is 1. The van der Waals surface area contributed by atoms with Gasteiger partial charge < -0.3 is 15.0 Å². The van der Waals surface area contributed by atoms with Crippen molar-refractivity contribution < 1.29 is 4.74 Å². The van der Waals surface area contributed by atoms with Crippen LogP contribution in [0.3, 0.4) is 0 Å². The third-order valence-corrected chi connectivity index (χ3v) is 4.53. The summed E-state index contributed by atoms with van der Waals surface area (Å²) in [6, 6.07) is 6.82. The molecule has 0 aromatic heterocycles. The van der Waals surface area contributed by atoms with Crippen molar-refractivity contribution in [1.82, 2.24) is 10.2 Å². The first-order valence-corrected chi connectivity index (χ1v) is 8.24. The van der Waals surface area contributed by atoms with Gasteiger partial charge in [-0.2, -0.15) is 0 Å². The second-order valence-corrected chi connectivity index (χ2v) is 6.34. The number of aryl methyl sites for hydroxylation is 1. The highest BCUT2D eigenvalue weighted by molar-refractivity contribution is 5.39. The number of nitrogens with zero attached hydrogens (tertiary/aromatic N) is 1. The normalized spacial score (nSPS) is 18.7. The molecule has 1 N–H and O–H groups in total. The molecule has 118 valence electrons. The zero-order chi connectivity index (χ0) is 15.2. The molecule has 1 atom stereocenters. The van der Waals surface area contributed by atoms with E-state index >= 15 is 0 Å². The quantitative estimate of drug-likeness (QED) is 0.869. The highest BCUT2D eigenvalue weighted by atomic mass is 16.5. The third-order valence-electron chi connectivity index (χ3n) is 4.53. The van der Waals surface area contributed by atoms with Crippen LogP contribution in [-0.4, -0.2) is 38.2 Å². The maximum Gasteiger partial charge on any atom is 0.123 e. The Labute approximate surface area is 129 Å². The molecule has 1 aliphatic heterocycles. The molecule has 1 aromatic rings. The van der Waals surface area contributed by atoms with E-state index < -0.39 is 0 Å². The number of methoxy groups -OCH3 is 1. The molecule has 1 fully saturated rings. The van der Waals surface area contributed by atoms with Crippen LogP contribution in [0.2, 0.25) is 0 Å². The fourth-order valence-electron chi connectivity index (χ4n) is 3.15. The lowest BCUT2D eigenvalue weighted by atomic mass is 9.97. The van der Waals surface area contributed by atoms with Crippen molar-refractivity contribution in [2.45, 2.75) is 39.7 Å². The highest BCUT2D eigenvalue weighted by Crippen LogP contribution is 2.28. The number of rotatable bonds is 6. The Hall–Kier alpha value is -1.06. The minimum absolute atomic E-state index is 0.346. The first-order chi connectivity index (χ1) is 10.1. The Kier molecular flexibility index (Phi) is 6.07. The number of piperidine rings is 1. The van der Waals surface area contributed by atoms with Gasteiger partial charge in [-0.1, -0.05) is 31.5 Å². The van der Waals surface area contributed by atoms with Gasteiger partial charge >= 0.3 is 0 Å². The van der Waals surface area contributed by atoms with Crippen molar-refractivity contribution in [2.75, 3.05) is 33.3 Å². The summed E-state index contributed by atoms with van der Waals surface area (Å²) >= 11 is 0. The molecular weight excluding hydrogens is 260 g/mol. The van der Waals surface area contributed by atoms with Gasteiger partial charge in [-0.15, -0.1) is 0 Å². The van der Waals surface area contributed by atoms with Crippen LogP contribution in [0.4, 0.5) is 0 Å². The van der Waals surface area contributed by atoms with Crippen molar-refractivity contribution in [3.63, 3.8) is 0 Å². The third kappa shape index (κ3) is 4.45. The van der Waals surface area contributed by atoms with Crippen LogP contribution in [0.1, 0.15) is 43.9 Å². The van der Waals surface area contributed by atoms with Crippen molar-refractivity contribution in [3.8, 4) is 5.75 Å². The number of likely N-dealkylation sites (tertiary alicyclic amines) is 1. The molecule has 1 unspecified atom stereocenters. The molecule has 3 nitrogen and oxygen atoms in total. The molecule has 0 saturated carbocycles. The van der Waals surface area contributed by atoms with Gasteiger partial charge in [0.05, 0.1) is 7.11 Å². The molecule has 2 rings (SSSR count). The second-order valence-electron chi connectivity index (χ2n) is 6.34. The lowest BCUT2D eigenvalue weighted by Crippen LogP contribution is -2.39. The van der Waals surface area contributed by atoms with E-state index in [1.54, 1.807) is 7.11 Å². The van der Waals surface area contributed by atoms with Gasteiger partial charge in [0, 0.05) is 18.2 Å². The second kappa shape index (κ2) is 7.81. The van der Waals surface area contributed by atoms with Gasteiger partial charge in [0.25, 0.3) is 0 Å². The first-order valence-electron chi connectivity index (χ1n) is 8.24. The zero-order valence-electron chi connectivity index (χ0n) is 14.0.